The number of urea groups is 1. The summed E-state index contributed by atoms with van der Waals surface area (Å²) in [5, 5.41) is 5.52. The molecule has 1 aromatic carbocycles. The molecular weight excluding hydrogens is 232 g/mol. The highest BCUT2D eigenvalue weighted by molar-refractivity contribution is 5.89. The Morgan fingerprint density at radius 2 is 1.78 bits per heavy atom. The Morgan fingerprint density at radius 1 is 1.17 bits per heavy atom. The number of unbranched alkanes of at least 4 members (excludes halogenated alkanes) is 1. The fourth-order valence-electron chi connectivity index (χ4n) is 1.43. The van der Waals surface area contributed by atoms with Crippen molar-refractivity contribution in [3.63, 3.8) is 0 Å². The number of nitrogens with one attached hydrogen (secondary N) is 2. The van der Waals surface area contributed by atoms with Crippen molar-refractivity contribution in [2.75, 3.05) is 26.1 Å². The van der Waals surface area contributed by atoms with Gasteiger partial charge >= 0.3 is 6.03 Å². The van der Waals surface area contributed by atoms with E-state index in [0.29, 0.717) is 23.7 Å². The Balaban J connectivity index is 2.62. The van der Waals surface area contributed by atoms with Crippen molar-refractivity contribution in [2.45, 2.75) is 19.8 Å². The summed E-state index contributed by atoms with van der Waals surface area (Å²) >= 11 is 0. The van der Waals surface area contributed by atoms with E-state index in [1.807, 2.05) is 0 Å². The first-order valence-corrected chi connectivity index (χ1v) is 5.97. The minimum Gasteiger partial charge on any atom is -0.497 e. The van der Waals surface area contributed by atoms with Crippen LogP contribution in [0.25, 0.3) is 0 Å². The normalized spacial score (nSPS) is 9.72. The van der Waals surface area contributed by atoms with Gasteiger partial charge in [0.05, 0.1) is 14.2 Å². The van der Waals surface area contributed by atoms with Crippen molar-refractivity contribution in [1.82, 2.24) is 5.32 Å². The summed E-state index contributed by atoms with van der Waals surface area (Å²) in [4.78, 5) is 11.6. The molecule has 5 heteroatoms. The maximum atomic E-state index is 11.6. The van der Waals surface area contributed by atoms with Crippen LogP contribution >= 0.6 is 0 Å². The van der Waals surface area contributed by atoms with Gasteiger partial charge in [-0.1, -0.05) is 13.3 Å². The van der Waals surface area contributed by atoms with Gasteiger partial charge in [-0.2, -0.15) is 0 Å². The third-order valence-corrected chi connectivity index (χ3v) is 2.43. The first-order valence-electron chi connectivity index (χ1n) is 5.97. The molecule has 2 N–H and O–H groups in total. The van der Waals surface area contributed by atoms with Gasteiger partial charge in [-0.05, 0) is 6.42 Å². The maximum Gasteiger partial charge on any atom is 0.319 e. The topological polar surface area (TPSA) is 59.6 Å². The zero-order chi connectivity index (χ0) is 13.4. The molecule has 0 atom stereocenters. The smallest absolute Gasteiger partial charge is 0.319 e. The van der Waals surface area contributed by atoms with Crippen LogP contribution in [0.2, 0.25) is 0 Å². The molecule has 0 heterocycles. The summed E-state index contributed by atoms with van der Waals surface area (Å²) in [6, 6.07) is 5.00. The largest absolute Gasteiger partial charge is 0.497 e. The number of rotatable bonds is 6. The number of ether oxygens (including phenoxy) is 2. The molecule has 0 fully saturated rings. The monoisotopic (exact) mass is 252 g/mol. The van der Waals surface area contributed by atoms with Crippen molar-refractivity contribution < 1.29 is 14.3 Å². The molecular formula is C13H20N2O3. The lowest BCUT2D eigenvalue weighted by molar-refractivity contribution is 0.252. The second kappa shape index (κ2) is 7.42. The highest BCUT2D eigenvalue weighted by atomic mass is 16.5. The van der Waals surface area contributed by atoms with E-state index in [1.54, 1.807) is 32.4 Å². The van der Waals surface area contributed by atoms with Crippen molar-refractivity contribution >= 4 is 11.7 Å². The number of methoxy groups -OCH3 is 2. The molecule has 2 amide bonds. The fourth-order valence-corrected chi connectivity index (χ4v) is 1.43. The molecule has 0 aliphatic rings. The van der Waals surface area contributed by atoms with Crippen LogP contribution in [0.4, 0.5) is 10.5 Å². The van der Waals surface area contributed by atoms with Crippen molar-refractivity contribution in [3.05, 3.63) is 18.2 Å². The molecule has 0 aliphatic carbocycles. The summed E-state index contributed by atoms with van der Waals surface area (Å²) in [7, 11) is 3.14. The molecule has 18 heavy (non-hydrogen) atoms. The standard InChI is InChI=1S/C13H20N2O3/c1-4-5-6-14-13(16)15-10-7-11(17-2)9-12(8-10)18-3/h7-9H,4-6H2,1-3H3,(H2,14,15,16). The average molecular weight is 252 g/mol. The predicted molar refractivity (Wildman–Crippen MR) is 71.5 cm³/mol. The van der Waals surface area contributed by atoms with E-state index in [-0.39, 0.29) is 6.03 Å². The zero-order valence-electron chi connectivity index (χ0n) is 11.1. The van der Waals surface area contributed by atoms with E-state index in [2.05, 4.69) is 17.6 Å². The van der Waals surface area contributed by atoms with E-state index < -0.39 is 0 Å². The number of carbonyl (C=O) groups is 1. The van der Waals surface area contributed by atoms with Crippen LogP contribution in [-0.2, 0) is 0 Å². The van der Waals surface area contributed by atoms with E-state index >= 15 is 0 Å². The van der Waals surface area contributed by atoms with Gasteiger partial charge in [0, 0.05) is 30.4 Å². The summed E-state index contributed by atoms with van der Waals surface area (Å²) in [6.07, 6.45) is 2.02. The van der Waals surface area contributed by atoms with E-state index in [9.17, 15) is 4.79 Å². The molecule has 0 aliphatic heterocycles. The third-order valence-electron chi connectivity index (χ3n) is 2.43. The van der Waals surface area contributed by atoms with Crippen LogP contribution < -0.4 is 20.1 Å². The van der Waals surface area contributed by atoms with Gasteiger partial charge in [-0.25, -0.2) is 4.79 Å². The van der Waals surface area contributed by atoms with Crippen LogP contribution in [0.15, 0.2) is 18.2 Å². The molecule has 0 aromatic heterocycles. The Hall–Kier alpha value is -1.91. The number of carbonyl (C=O) groups excluding carboxylic acids is 1. The molecule has 5 nitrogen and oxygen atoms in total. The predicted octanol–water partition coefficient (Wildman–Crippen LogP) is 2.63. The minimum absolute atomic E-state index is 0.223. The van der Waals surface area contributed by atoms with Gasteiger partial charge < -0.3 is 20.1 Å². The highest BCUT2D eigenvalue weighted by Gasteiger charge is 2.05. The van der Waals surface area contributed by atoms with Crippen LogP contribution in [0.5, 0.6) is 11.5 Å². The average Bonchev–Trinajstić information content (AvgIpc) is 2.38. The SMILES string of the molecule is CCCCNC(=O)Nc1cc(OC)cc(OC)c1. The number of benzene rings is 1. The lowest BCUT2D eigenvalue weighted by Gasteiger charge is -2.10. The molecule has 0 unspecified atom stereocenters. The van der Waals surface area contributed by atoms with Gasteiger partial charge in [0.25, 0.3) is 0 Å². The van der Waals surface area contributed by atoms with Crippen molar-refractivity contribution in [1.29, 1.82) is 0 Å². The second-order valence-corrected chi connectivity index (χ2v) is 3.84. The fraction of sp³-hybridized carbons (Fsp3) is 0.462. The lowest BCUT2D eigenvalue weighted by Crippen LogP contribution is -2.29. The minimum atomic E-state index is -0.223. The first kappa shape index (κ1) is 14.2. The number of hydrogen-bond acceptors (Lipinski definition) is 3. The molecule has 100 valence electrons. The van der Waals surface area contributed by atoms with Gasteiger partial charge in [0.2, 0.25) is 0 Å². The Labute approximate surface area is 107 Å². The Bertz CT molecular complexity index is 372. The number of hydrogen-bond donors (Lipinski definition) is 2. The first-order chi connectivity index (χ1) is 8.69. The Morgan fingerprint density at radius 3 is 2.28 bits per heavy atom. The molecule has 1 rings (SSSR count). The summed E-state index contributed by atoms with van der Waals surface area (Å²) in [5.41, 5.74) is 0.639. The summed E-state index contributed by atoms with van der Waals surface area (Å²) < 4.78 is 10.3. The van der Waals surface area contributed by atoms with Crippen LogP contribution in [0, 0.1) is 0 Å². The van der Waals surface area contributed by atoms with Crippen molar-refractivity contribution in [2.24, 2.45) is 0 Å². The van der Waals surface area contributed by atoms with Gasteiger partial charge in [-0.15, -0.1) is 0 Å². The zero-order valence-corrected chi connectivity index (χ0v) is 11.1. The lowest BCUT2D eigenvalue weighted by atomic mass is 10.3. The number of amides is 2. The van der Waals surface area contributed by atoms with E-state index in [4.69, 9.17) is 9.47 Å². The van der Waals surface area contributed by atoms with Crippen LogP contribution in [0.1, 0.15) is 19.8 Å². The second-order valence-electron chi connectivity index (χ2n) is 3.84. The molecule has 0 radical (unpaired) electrons. The third kappa shape index (κ3) is 4.53. The van der Waals surface area contributed by atoms with Crippen molar-refractivity contribution in [3.8, 4) is 11.5 Å². The van der Waals surface area contributed by atoms with E-state index in [0.717, 1.165) is 12.8 Å². The molecule has 0 spiro atoms. The van der Waals surface area contributed by atoms with Crippen LogP contribution in [0.3, 0.4) is 0 Å². The molecule has 0 bridgehead atoms. The number of anilines is 1. The Kier molecular flexibility index (Phi) is 5.84. The summed E-state index contributed by atoms with van der Waals surface area (Å²) in [6.45, 7) is 2.75. The van der Waals surface area contributed by atoms with Crippen LogP contribution in [-0.4, -0.2) is 26.8 Å². The van der Waals surface area contributed by atoms with Gasteiger partial charge in [0.1, 0.15) is 11.5 Å². The molecule has 1 aromatic rings. The quantitative estimate of drug-likeness (QED) is 0.765. The molecule has 0 saturated carbocycles. The maximum absolute atomic E-state index is 11.6. The highest BCUT2D eigenvalue weighted by Crippen LogP contribution is 2.25. The molecule has 0 saturated heterocycles. The van der Waals surface area contributed by atoms with Gasteiger partial charge in [-0.3, -0.25) is 0 Å². The summed E-state index contributed by atoms with van der Waals surface area (Å²) in [5.74, 6) is 1.27. The van der Waals surface area contributed by atoms with E-state index in [1.165, 1.54) is 0 Å². The van der Waals surface area contributed by atoms with Gasteiger partial charge in [0.15, 0.2) is 0 Å².